The molecule has 24 heavy (non-hydrogen) atoms. The van der Waals surface area contributed by atoms with E-state index in [0.717, 1.165) is 45.3 Å². The molecule has 4 rings (SSSR count). The van der Waals surface area contributed by atoms with Gasteiger partial charge in [0.25, 0.3) is 0 Å². The zero-order valence-electron chi connectivity index (χ0n) is 14.7. The van der Waals surface area contributed by atoms with Gasteiger partial charge in [-0.25, -0.2) is 0 Å². The maximum atomic E-state index is 5.74. The second-order valence-corrected chi connectivity index (χ2v) is 7.25. The molecule has 0 amide bonds. The van der Waals surface area contributed by atoms with Crippen LogP contribution in [0.5, 0.6) is 0 Å². The third-order valence-corrected chi connectivity index (χ3v) is 4.96. The molecule has 1 aliphatic heterocycles. The lowest BCUT2D eigenvalue weighted by molar-refractivity contribution is 0.104. The minimum atomic E-state index is 0.367. The third-order valence-electron chi connectivity index (χ3n) is 4.96. The first-order chi connectivity index (χ1) is 11.7. The molecule has 0 saturated heterocycles. The van der Waals surface area contributed by atoms with Crippen LogP contribution in [0.3, 0.4) is 0 Å². The molecule has 0 bridgehead atoms. The van der Waals surface area contributed by atoms with Crippen LogP contribution in [0, 0.1) is 5.92 Å². The Balaban J connectivity index is 1.51. The fraction of sp³-hybridized carbons (Fsp3) is 0.667. The average molecular weight is 329 g/mol. The summed E-state index contributed by atoms with van der Waals surface area (Å²) >= 11 is 0. The van der Waals surface area contributed by atoms with E-state index in [-0.39, 0.29) is 0 Å². The van der Waals surface area contributed by atoms with E-state index in [1.165, 1.54) is 29.7 Å². The van der Waals surface area contributed by atoms with Crippen molar-refractivity contribution in [3.8, 4) is 0 Å². The summed E-state index contributed by atoms with van der Waals surface area (Å²) < 4.78 is 9.79. The first kappa shape index (κ1) is 15.8. The largest absolute Gasteiger partial charge is 0.381 e. The molecule has 3 heterocycles. The van der Waals surface area contributed by atoms with Gasteiger partial charge in [0.1, 0.15) is 0 Å². The summed E-state index contributed by atoms with van der Waals surface area (Å²) in [5, 5.41) is 9.19. The van der Waals surface area contributed by atoms with Crippen LogP contribution in [0.4, 0.5) is 0 Å². The lowest BCUT2D eigenvalue weighted by Gasteiger charge is -2.31. The van der Waals surface area contributed by atoms with Gasteiger partial charge in [0.05, 0.1) is 18.5 Å². The zero-order chi connectivity index (χ0) is 16.5. The number of aryl methyl sites for hydroxylation is 1. The predicted molar refractivity (Wildman–Crippen MR) is 91.5 cm³/mol. The Kier molecular flexibility index (Phi) is 4.41. The van der Waals surface area contributed by atoms with Crippen LogP contribution in [0.2, 0.25) is 0 Å². The highest BCUT2D eigenvalue weighted by atomic mass is 16.5. The Bertz CT molecular complexity index is 687. The van der Waals surface area contributed by atoms with Gasteiger partial charge in [0, 0.05) is 69.3 Å². The quantitative estimate of drug-likeness (QED) is 0.781. The predicted octanol–water partition coefficient (Wildman–Crippen LogP) is 2.16. The van der Waals surface area contributed by atoms with Crippen LogP contribution < -0.4 is 0 Å². The van der Waals surface area contributed by atoms with Crippen molar-refractivity contribution in [1.82, 2.24) is 24.5 Å². The molecule has 130 valence electrons. The molecule has 2 aromatic rings. The van der Waals surface area contributed by atoms with Crippen molar-refractivity contribution in [1.29, 1.82) is 0 Å². The number of aromatic nitrogens is 4. The van der Waals surface area contributed by atoms with Gasteiger partial charge in [-0.05, 0) is 25.7 Å². The first-order valence-electron chi connectivity index (χ1n) is 9.05. The van der Waals surface area contributed by atoms with Crippen molar-refractivity contribution in [2.75, 3.05) is 19.8 Å². The molecule has 6 heteroatoms. The molecule has 0 aromatic carbocycles. The molecule has 0 N–H and O–H groups in total. The zero-order valence-corrected chi connectivity index (χ0v) is 14.7. The van der Waals surface area contributed by atoms with Crippen LogP contribution in [0.1, 0.15) is 42.5 Å². The minimum Gasteiger partial charge on any atom is -0.381 e. The van der Waals surface area contributed by atoms with Crippen LogP contribution in [-0.2, 0) is 31.4 Å². The fourth-order valence-electron chi connectivity index (χ4n) is 3.63. The maximum Gasteiger partial charge on any atom is 0.0736 e. The van der Waals surface area contributed by atoms with Crippen molar-refractivity contribution in [2.45, 2.75) is 45.3 Å². The molecule has 1 fully saturated rings. The van der Waals surface area contributed by atoms with E-state index in [1.807, 2.05) is 17.9 Å². The second kappa shape index (κ2) is 6.69. The summed E-state index contributed by atoms with van der Waals surface area (Å²) in [5.41, 5.74) is 3.89. The highest BCUT2D eigenvalue weighted by Gasteiger charge is 2.30. The Morgan fingerprint density at radius 2 is 2.17 bits per heavy atom. The SMILES string of the molecule is CCOC[C@@H]1CN(Cc2cnn(C)c2)Cc2cn(CC3CC3)nc21. The average Bonchev–Trinajstić information content (AvgIpc) is 3.13. The van der Waals surface area contributed by atoms with Gasteiger partial charge in [-0.3, -0.25) is 14.3 Å². The molecule has 1 aliphatic carbocycles. The summed E-state index contributed by atoms with van der Waals surface area (Å²) in [6.45, 7) is 7.56. The van der Waals surface area contributed by atoms with E-state index in [1.54, 1.807) is 0 Å². The summed E-state index contributed by atoms with van der Waals surface area (Å²) in [6.07, 6.45) is 9.05. The third kappa shape index (κ3) is 3.54. The maximum absolute atomic E-state index is 5.74. The molecule has 1 saturated carbocycles. The van der Waals surface area contributed by atoms with Crippen LogP contribution in [0.15, 0.2) is 18.6 Å². The summed E-state index contributed by atoms with van der Waals surface area (Å²) in [5.74, 6) is 1.22. The summed E-state index contributed by atoms with van der Waals surface area (Å²) in [4.78, 5) is 2.49. The number of fused-ring (bicyclic) bond motifs is 1. The van der Waals surface area contributed by atoms with Crippen molar-refractivity contribution >= 4 is 0 Å². The van der Waals surface area contributed by atoms with Crippen molar-refractivity contribution in [3.05, 3.63) is 35.4 Å². The summed E-state index contributed by atoms with van der Waals surface area (Å²) in [7, 11) is 1.97. The molecule has 1 atom stereocenters. The van der Waals surface area contributed by atoms with Crippen LogP contribution in [-0.4, -0.2) is 44.2 Å². The molecular formula is C18H27N5O. The van der Waals surface area contributed by atoms with Gasteiger partial charge in [-0.15, -0.1) is 0 Å². The van der Waals surface area contributed by atoms with Gasteiger partial charge in [0.2, 0.25) is 0 Å². The van der Waals surface area contributed by atoms with E-state index in [2.05, 4.69) is 34.0 Å². The molecular weight excluding hydrogens is 302 g/mol. The highest BCUT2D eigenvalue weighted by molar-refractivity contribution is 5.25. The van der Waals surface area contributed by atoms with Crippen molar-refractivity contribution < 1.29 is 4.74 Å². The lowest BCUT2D eigenvalue weighted by Crippen LogP contribution is -2.34. The summed E-state index contributed by atoms with van der Waals surface area (Å²) in [6, 6.07) is 0. The van der Waals surface area contributed by atoms with E-state index < -0.39 is 0 Å². The molecule has 0 radical (unpaired) electrons. The Morgan fingerprint density at radius 3 is 2.88 bits per heavy atom. The highest BCUT2D eigenvalue weighted by Crippen LogP contribution is 2.33. The van der Waals surface area contributed by atoms with E-state index in [0.29, 0.717) is 5.92 Å². The number of nitrogens with zero attached hydrogens (tertiary/aromatic N) is 5. The van der Waals surface area contributed by atoms with E-state index in [4.69, 9.17) is 9.84 Å². The fourth-order valence-corrected chi connectivity index (χ4v) is 3.63. The second-order valence-electron chi connectivity index (χ2n) is 7.25. The van der Waals surface area contributed by atoms with E-state index >= 15 is 0 Å². The standard InChI is InChI=1S/C18H27N5O/c1-3-24-13-17-11-22(8-15-6-19-21(2)7-15)10-16-12-23(20-18(16)17)9-14-4-5-14/h6-7,12,14,17H,3-5,8-11,13H2,1-2H3/t17-/m0/s1. The topological polar surface area (TPSA) is 48.1 Å². The van der Waals surface area contributed by atoms with Gasteiger partial charge < -0.3 is 4.74 Å². The van der Waals surface area contributed by atoms with Crippen LogP contribution >= 0.6 is 0 Å². The van der Waals surface area contributed by atoms with Gasteiger partial charge >= 0.3 is 0 Å². The number of hydrogen-bond acceptors (Lipinski definition) is 4. The van der Waals surface area contributed by atoms with Crippen molar-refractivity contribution in [3.63, 3.8) is 0 Å². The van der Waals surface area contributed by atoms with Gasteiger partial charge in [-0.2, -0.15) is 10.2 Å². The Labute approximate surface area is 143 Å². The molecule has 2 aliphatic rings. The Morgan fingerprint density at radius 1 is 1.29 bits per heavy atom. The van der Waals surface area contributed by atoms with E-state index in [9.17, 15) is 0 Å². The molecule has 2 aromatic heterocycles. The van der Waals surface area contributed by atoms with Gasteiger partial charge in [-0.1, -0.05) is 0 Å². The van der Waals surface area contributed by atoms with Gasteiger partial charge in [0.15, 0.2) is 0 Å². The lowest BCUT2D eigenvalue weighted by atomic mass is 9.97. The van der Waals surface area contributed by atoms with Crippen molar-refractivity contribution in [2.24, 2.45) is 13.0 Å². The number of rotatable bonds is 7. The number of hydrogen-bond donors (Lipinski definition) is 0. The molecule has 0 unspecified atom stereocenters. The minimum absolute atomic E-state index is 0.367. The molecule has 6 nitrogen and oxygen atoms in total. The normalized spacial score (nSPS) is 21.2. The number of ether oxygens (including phenoxy) is 1. The van der Waals surface area contributed by atoms with Crippen LogP contribution in [0.25, 0.3) is 0 Å². The first-order valence-corrected chi connectivity index (χ1v) is 9.05. The monoisotopic (exact) mass is 329 g/mol. The molecule has 0 spiro atoms. The smallest absolute Gasteiger partial charge is 0.0736 e. The Hall–Kier alpha value is -1.66.